The number of hydrogen-bond donors (Lipinski definition) is 1. The van der Waals surface area contributed by atoms with Crippen molar-refractivity contribution in [2.24, 2.45) is 5.92 Å². The Kier molecular flexibility index (Phi) is 8.52. The third kappa shape index (κ3) is 6.79. The number of amides is 2. The average molecular weight is 417 g/mol. The highest BCUT2D eigenvalue weighted by Crippen LogP contribution is 2.20. The van der Waals surface area contributed by atoms with Gasteiger partial charge < -0.3 is 15.0 Å². The van der Waals surface area contributed by atoms with Crippen LogP contribution in [0.1, 0.15) is 31.9 Å². The molecular weight excluding hydrogens is 388 g/mol. The molecule has 2 amide bonds. The maximum Gasteiger partial charge on any atom is 0.261 e. The molecule has 2 rings (SSSR count). The molecule has 0 bridgehead atoms. The van der Waals surface area contributed by atoms with E-state index in [9.17, 15) is 9.59 Å². The lowest BCUT2D eigenvalue weighted by Gasteiger charge is -2.29. The van der Waals surface area contributed by atoms with Crippen molar-refractivity contribution < 1.29 is 14.3 Å². The summed E-state index contributed by atoms with van der Waals surface area (Å²) in [5, 5.41) is 3.45. The maximum atomic E-state index is 13.0. The van der Waals surface area contributed by atoms with Crippen LogP contribution in [0.5, 0.6) is 5.75 Å². The van der Waals surface area contributed by atoms with Gasteiger partial charge in [-0.3, -0.25) is 9.59 Å². The number of carbonyl (C=O) groups is 2. The summed E-state index contributed by atoms with van der Waals surface area (Å²) >= 11 is 6.28. The van der Waals surface area contributed by atoms with Crippen LogP contribution in [0.3, 0.4) is 0 Å². The van der Waals surface area contributed by atoms with E-state index >= 15 is 0 Å². The van der Waals surface area contributed by atoms with Crippen molar-refractivity contribution >= 4 is 23.4 Å². The van der Waals surface area contributed by atoms with Gasteiger partial charge in [0, 0.05) is 18.1 Å². The first-order valence-corrected chi connectivity index (χ1v) is 10.2. The van der Waals surface area contributed by atoms with Crippen molar-refractivity contribution in [3.8, 4) is 5.75 Å². The SMILES string of the molecule is Cc1ccccc1OCC(=O)N(Cc1ccccc1Cl)[C@@H](C)C(=O)NCC(C)C. The zero-order valence-corrected chi connectivity index (χ0v) is 18.2. The van der Waals surface area contributed by atoms with E-state index in [2.05, 4.69) is 5.32 Å². The molecule has 5 nitrogen and oxygen atoms in total. The molecule has 0 saturated carbocycles. The molecule has 0 aromatic heterocycles. The lowest BCUT2D eigenvalue weighted by molar-refractivity contribution is -0.142. The lowest BCUT2D eigenvalue weighted by Crippen LogP contribution is -2.49. The third-order valence-corrected chi connectivity index (χ3v) is 4.96. The minimum absolute atomic E-state index is 0.156. The van der Waals surface area contributed by atoms with Gasteiger partial charge in [0.15, 0.2) is 6.61 Å². The Balaban J connectivity index is 2.16. The van der Waals surface area contributed by atoms with Crippen LogP contribution in [0.2, 0.25) is 5.02 Å². The second-order valence-corrected chi connectivity index (χ2v) is 7.89. The molecule has 1 N–H and O–H groups in total. The molecular formula is C23H29ClN2O3. The Morgan fingerprint density at radius 2 is 1.72 bits per heavy atom. The van der Waals surface area contributed by atoms with Crippen LogP contribution in [0.25, 0.3) is 0 Å². The van der Waals surface area contributed by atoms with Crippen molar-refractivity contribution in [3.05, 3.63) is 64.7 Å². The fourth-order valence-electron chi connectivity index (χ4n) is 2.79. The van der Waals surface area contributed by atoms with Crippen LogP contribution in [0.4, 0.5) is 0 Å². The van der Waals surface area contributed by atoms with E-state index in [1.54, 1.807) is 13.0 Å². The summed E-state index contributed by atoms with van der Waals surface area (Å²) < 4.78 is 5.72. The van der Waals surface area contributed by atoms with E-state index in [-0.39, 0.29) is 25.0 Å². The first-order chi connectivity index (χ1) is 13.8. The third-order valence-electron chi connectivity index (χ3n) is 4.60. The first kappa shape index (κ1) is 22.8. The standard InChI is InChI=1S/C23H29ClN2O3/c1-16(2)13-25-23(28)18(4)26(14-19-10-6-7-11-20(19)24)22(27)15-29-21-12-8-5-9-17(21)3/h5-12,16,18H,13-15H2,1-4H3,(H,25,28)/t18-/m0/s1. The minimum atomic E-state index is -0.655. The lowest BCUT2D eigenvalue weighted by atomic mass is 10.1. The molecule has 6 heteroatoms. The van der Waals surface area contributed by atoms with E-state index in [0.717, 1.165) is 11.1 Å². The molecule has 0 unspecified atom stereocenters. The van der Waals surface area contributed by atoms with Gasteiger partial charge in [-0.2, -0.15) is 0 Å². The number of hydrogen-bond acceptors (Lipinski definition) is 3. The fourth-order valence-corrected chi connectivity index (χ4v) is 2.98. The summed E-state index contributed by atoms with van der Waals surface area (Å²) in [7, 11) is 0. The Morgan fingerprint density at radius 1 is 1.07 bits per heavy atom. The fraction of sp³-hybridized carbons (Fsp3) is 0.391. The smallest absolute Gasteiger partial charge is 0.261 e. The highest BCUT2D eigenvalue weighted by molar-refractivity contribution is 6.31. The average Bonchev–Trinajstić information content (AvgIpc) is 2.70. The molecule has 0 radical (unpaired) electrons. The first-order valence-electron chi connectivity index (χ1n) is 9.78. The van der Waals surface area contributed by atoms with Crippen LogP contribution < -0.4 is 10.1 Å². The van der Waals surface area contributed by atoms with E-state index in [4.69, 9.17) is 16.3 Å². The Bertz CT molecular complexity index is 838. The van der Waals surface area contributed by atoms with Gasteiger partial charge in [-0.1, -0.05) is 61.8 Å². The normalized spacial score (nSPS) is 11.8. The molecule has 0 heterocycles. The van der Waals surface area contributed by atoms with E-state index in [1.807, 2.05) is 63.2 Å². The summed E-state index contributed by atoms with van der Waals surface area (Å²) in [6, 6.07) is 14.2. The molecule has 0 aliphatic heterocycles. The van der Waals surface area contributed by atoms with Gasteiger partial charge in [0.1, 0.15) is 11.8 Å². The number of halogens is 1. The number of carbonyl (C=O) groups excluding carboxylic acids is 2. The molecule has 0 aliphatic rings. The molecule has 2 aromatic carbocycles. The van der Waals surface area contributed by atoms with Gasteiger partial charge >= 0.3 is 0 Å². The number of nitrogens with zero attached hydrogens (tertiary/aromatic N) is 1. The second-order valence-electron chi connectivity index (χ2n) is 7.48. The number of rotatable bonds is 9. The van der Waals surface area contributed by atoms with Crippen molar-refractivity contribution in [3.63, 3.8) is 0 Å². The van der Waals surface area contributed by atoms with E-state index in [0.29, 0.717) is 23.2 Å². The highest BCUT2D eigenvalue weighted by atomic mass is 35.5. The molecule has 29 heavy (non-hydrogen) atoms. The number of benzene rings is 2. The summed E-state index contributed by atoms with van der Waals surface area (Å²) in [4.78, 5) is 27.1. The zero-order chi connectivity index (χ0) is 21.4. The minimum Gasteiger partial charge on any atom is -0.484 e. The number of ether oxygens (including phenoxy) is 1. The molecule has 1 atom stereocenters. The molecule has 0 spiro atoms. The van der Waals surface area contributed by atoms with Crippen LogP contribution in [0.15, 0.2) is 48.5 Å². The Hall–Kier alpha value is -2.53. The van der Waals surface area contributed by atoms with Crippen molar-refractivity contribution in [1.82, 2.24) is 10.2 Å². The van der Waals surface area contributed by atoms with Crippen LogP contribution in [-0.2, 0) is 16.1 Å². The zero-order valence-electron chi connectivity index (χ0n) is 17.4. The van der Waals surface area contributed by atoms with Crippen molar-refractivity contribution in [1.29, 1.82) is 0 Å². The number of nitrogens with one attached hydrogen (secondary N) is 1. The summed E-state index contributed by atoms with van der Waals surface area (Å²) in [5.74, 6) is 0.495. The molecule has 0 aliphatic carbocycles. The van der Waals surface area contributed by atoms with E-state index in [1.165, 1.54) is 4.90 Å². The van der Waals surface area contributed by atoms with E-state index < -0.39 is 6.04 Å². The Labute approximate surface area is 178 Å². The summed E-state index contributed by atoms with van der Waals surface area (Å²) in [6.07, 6.45) is 0. The molecule has 0 fully saturated rings. The van der Waals surface area contributed by atoms with Crippen molar-refractivity contribution in [2.75, 3.05) is 13.2 Å². The Morgan fingerprint density at radius 3 is 2.38 bits per heavy atom. The van der Waals surface area contributed by atoms with Gasteiger partial charge in [-0.05, 0) is 43.0 Å². The topological polar surface area (TPSA) is 58.6 Å². The monoisotopic (exact) mass is 416 g/mol. The molecule has 2 aromatic rings. The quantitative estimate of drug-likeness (QED) is 0.665. The van der Waals surface area contributed by atoms with Crippen LogP contribution >= 0.6 is 11.6 Å². The summed E-state index contributed by atoms with van der Waals surface area (Å²) in [6.45, 7) is 8.31. The highest BCUT2D eigenvalue weighted by Gasteiger charge is 2.27. The van der Waals surface area contributed by atoms with Gasteiger partial charge in [0.25, 0.3) is 5.91 Å². The predicted molar refractivity (Wildman–Crippen MR) is 116 cm³/mol. The van der Waals surface area contributed by atoms with Crippen molar-refractivity contribution in [2.45, 2.75) is 40.3 Å². The van der Waals surface area contributed by atoms with Gasteiger partial charge in [-0.15, -0.1) is 0 Å². The maximum absolute atomic E-state index is 13.0. The van der Waals surface area contributed by atoms with Gasteiger partial charge in [-0.25, -0.2) is 0 Å². The largest absolute Gasteiger partial charge is 0.484 e. The van der Waals surface area contributed by atoms with Crippen LogP contribution in [-0.4, -0.2) is 35.9 Å². The number of para-hydroxylation sites is 1. The number of aryl methyl sites for hydroxylation is 1. The van der Waals surface area contributed by atoms with Gasteiger partial charge in [0.05, 0.1) is 0 Å². The van der Waals surface area contributed by atoms with Crippen LogP contribution in [0, 0.1) is 12.8 Å². The summed E-state index contributed by atoms with van der Waals surface area (Å²) in [5.41, 5.74) is 1.72. The predicted octanol–water partition coefficient (Wildman–Crippen LogP) is 4.22. The molecule has 0 saturated heterocycles. The van der Waals surface area contributed by atoms with Gasteiger partial charge in [0.2, 0.25) is 5.91 Å². The molecule has 156 valence electrons. The second kappa shape index (κ2) is 10.9.